The highest BCUT2D eigenvalue weighted by molar-refractivity contribution is 5.29. The first-order chi connectivity index (χ1) is 7.41. The molecule has 1 rings (SSSR count). The molecule has 0 aromatic heterocycles. The molecule has 0 heterocycles. The molecule has 2 nitrogen and oxygen atoms in total. The monoisotopic (exact) mass is 233 g/mol. The Labute approximate surface area is 92.3 Å². The van der Waals surface area contributed by atoms with Crippen LogP contribution in [0.5, 0.6) is 5.75 Å². The van der Waals surface area contributed by atoms with Gasteiger partial charge >= 0.3 is 0 Å². The number of aromatic hydroxyl groups is 1. The van der Waals surface area contributed by atoms with Crippen LogP contribution < -0.4 is 0 Å². The second-order valence-corrected chi connectivity index (χ2v) is 3.71. The summed E-state index contributed by atoms with van der Waals surface area (Å²) in [5, 5.41) is 9.03. The molecule has 1 N–H and O–H groups in total. The Bertz CT molecular complexity index is 357. The Kier molecular flexibility index (Phi) is 4.18. The minimum Gasteiger partial charge on any atom is -0.508 e. The van der Waals surface area contributed by atoms with Gasteiger partial charge < -0.3 is 5.11 Å². The van der Waals surface area contributed by atoms with Crippen molar-refractivity contribution in [3.63, 3.8) is 0 Å². The number of halogens is 3. The number of hydrogen-bond acceptors (Lipinski definition) is 2. The first-order valence-corrected chi connectivity index (χ1v) is 4.88. The number of nitrogens with zero attached hydrogens (tertiary/aromatic N) is 1. The van der Waals surface area contributed by atoms with E-state index in [4.69, 9.17) is 5.11 Å². The first kappa shape index (κ1) is 12.8. The summed E-state index contributed by atoms with van der Waals surface area (Å²) in [6, 6.07) is 3.25. The van der Waals surface area contributed by atoms with Crippen molar-refractivity contribution >= 4 is 0 Å². The summed E-state index contributed by atoms with van der Waals surface area (Å²) in [7, 11) is 1.50. The van der Waals surface area contributed by atoms with Crippen LogP contribution >= 0.6 is 0 Å². The maximum absolute atomic E-state index is 13.4. The van der Waals surface area contributed by atoms with Crippen LogP contribution in [0.3, 0.4) is 0 Å². The molecule has 0 aliphatic rings. The number of phenols is 1. The molecular formula is C11H14F3NO. The summed E-state index contributed by atoms with van der Waals surface area (Å²) < 4.78 is 37.7. The largest absolute Gasteiger partial charge is 0.508 e. The van der Waals surface area contributed by atoms with Gasteiger partial charge in [-0.2, -0.15) is 0 Å². The fourth-order valence-corrected chi connectivity index (χ4v) is 1.47. The SMILES string of the molecule is CC(c1ccc(O)cc1F)N(C)CC(F)F. The summed E-state index contributed by atoms with van der Waals surface area (Å²) in [6.07, 6.45) is -2.45. The molecule has 0 radical (unpaired) electrons. The fraction of sp³-hybridized carbons (Fsp3) is 0.455. The lowest BCUT2D eigenvalue weighted by molar-refractivity contribution is 0.0835. The van der Waals surface area contributed by atoms with E-state index in [0.29, 0.717) is 5.56 Å². The molecule has 0 saturated carbocycles. The second-order valence-electron chi connectivity index (χ2n) is 3.71. The number of hydrogen-bond donors (Lipinski definition) is 1. The van der Waals surface area contributed by atoms with E-state index in [2.05, 4.69) is 0 Å². The van der Waals surface area contributed by atoms with Gasteiger partial charge in [0.2, 0.25) is 0 Å². The Morgan fingerprint density at radius 2 is 2.00 bits per heavy atom. The molecule has 0 spiro atoms. The highest BCUT2D eigenvalue weighted by Crippen LogP contribution is 2.24. The molecule has 0 amide bonds. The van der Waals surface area contributed by atoms with Crippen molar-refractivity contribution in [1.29, 1.82) is 0 Å². The highest BCUT2D eigenvalue weighted by atomic mass is 19.3. The smallest absolute Gasteiger partial charge is 0.251 e. The standard InChI is InChI=1S/C11H14F3NO/c1-7(15(2)6-11(13)14)9-4-3-8(16)5-10(9)12/h3-5,7,11,16H,6H2,1-2H3. The van der Waals surface area contributed by atoms with Crippen LogP contribution in [-0.4, -0.2) is 30.0 Å². The van der Waals surface area contributed by atoms with Gasteiger partial charge in [0, 0.05) is 17.7 Å². The van der Waals surface area contributed by atoms with Gasteiger partial charge in [-0.15, -0.1) is 0 Å². The quantitative estimate of drug-likeness (QED) is 0.864. The average molecular weight is 233 g/mol. The van der Waals surface area contributed by atoms with Crippen molar-refractivity contribution in [2.45, 2.75) is 19.4 Å². The maximum atomic E-state index is 13.4. The highest BCUT2D eigenvalue weighted by Gasteiger charge is 2.18. The lowest BCUT2D eigenvalue weighted by Crippen LogP contribution is -2.28. The van der Waals surface area contributed by atoms with Crippen molar-refractivity contribution in [2.75, 3.05) is 13.6 Å². The fourth-order valence-electron chi connectivity index (χ4n) is 1.47. The molecule has 1 atom stereocenters. The van der Waals surface area contributed by atoms with Crippen LogP contribution in [0, 0.1) is 5.82 Å². The Balaban J connectivity index is 2.83. The van der Waals surface area contributed by atoms with Crippen molar-refractivity contribution in [2.24, 2.45) is 0 Å². The van der Waals surface area contributed by atoms with Crippen molar-refractivity contribution in [3.8, 4) is 5.75 Å². The van der Waals surface area contributed by atoms with E-state index >= 15 is 0 Å². The van der Waals surface area contributed by atoms with E-state index < -0.39 is 24.8 Å². The van der Waals surface area contributed by atoms with Crippen LogP contribution in [0.4, 0.5) is 13.2 Å². The zero-order valence-corrected chi connectivity index (χ0v) is 9.12. The van der Waals surface area contributed by atoms with Crippen molar-refractivity contribution < 1.29 is 18.3 Å². The molecule has 1 unspecified atom stereocenters. The molecule has 0 saturated heterocycles. The summed E-state index contributed by atoms with van der Waals surface area (Å²) in [4.78, 5) is 1.36. The van der Waals surface area contributed by atoms with Gasteiger partial charge in [0.25, 0.3) is 6.43 Å². The maximum Gasteiger partial charge on any atom is 0.251 e. The molecule has 0 aliphatic carbocycles. The van der Waals surface area contributed by atoms with E-state index in [-0.39, 0.29) is 5.75 Å². The zero-order chi connectivity index (χ0) is 12.3. The number of phenolic OH excluding ortho intramolecular Hbond substituents is 1. The summed E-state index contributed by atoms with van der Waals surface area (Å²) in [5.41, 5.74) is 0.293. The predicted octanol–water partition coefficient (Wildman–Crippen LogP) is 2.79. The van der Waals surface area contributed by atoms with Gasteiger partial charge in [-0.3, -0.25) is 4.90 Å². The predicted molar refractivity (Wildman–Crippen MR) is 55.1 cm³/mol. The Morgan fingerprint density at radius 1 is 1.38 bits per heavy atom. The molecular weight excluding hydrogens is 219 g/mol. The summed E-state index contributed by atoms with van der Waals surface area (Å²) in [5.74, 6) is -0.765. The van der Waals surface area contributed by atoms with Crippen LogP contribution in [-0.2, 0) is 0 Å². The minimum absolute atomic E-state index is 0.176. The van der Waals surface area contributed by atoms with E-state index in [0.717, 1.165) is 6.07 Å². The van der Waals surface area contributed by atoms with Crippen LogP contribution in [0.2, 0.25) is 0 Å². The minimum atomic E-state index is -2.45. The Hall–Kier alpha value is -1.23. The van der Waals surface area contributed by atoms with E-state index in [1.807, 2.05) is 0 Å². The lowest BCUT2D eigenvalue weighted by atomic mass is 10.1. The molecule has 1 aromatic rings. The third-order valence-corrected chi connectivity index (χ3v) is 2.52. The van der Waals surface area contributed by atoms with Gasteiger partial charge in [0.15, 0.2) is 0 Å². The molecule has 0 bridgehead atoms. The zero-order valence-electron chi connectivity index (χ0n) is 9.12. The van der Waals surface area contributed by atoms with E-state index in [1.54, 1.807) is 6.92 Å². The third kappa shape index (κ3) is 3.13. The summed E-state index contributed by atoms with van der Waals surface area (Å²) >= 11 is 0. The van der Waals surface area contributed by atoms with Crippen LogP contribution in [0.15, 0.2) is 18.2 Å². The number of rotatable bonds is 4. The van der Waals surface area contributed by atoms with E-state index in [9.17, 15) is 13.2 Å². The van der Waals surface area contributed by atoms with Gasteiger partial charge in [0.05, 0.1) is 6.54 Å². The molecule has 90 valence electrons. The Morgan fingerprint density at radius 3 is 2.50 bits per heavy atom. The van der Waals surface area contributed by atoms with Gasteiger partial charge in [-0.1, -0.05) is 6.07 Å². The molecule has 0 fully saturated rings. The second kappa shape index (κ2) is 5.21. The lowest BCUT2D eigenvalue weighted by Gasteiger charge is -2.24. The van der Waals surface area contributed by atoms with Gasteiger partial charge in [-0.25, -0.2) is 13.2 Å². The topological polar surface area (TPSA) is 23.5 Å². The van der Waals surface area contributed by atoms with Crippen LogP contribution in [0.1, 0.15) is 18.5 Å². The van der Waals surface area contributed by atoms with E-state index in [1.165, 1.54) is 24.1 Å². The molecule has 16 heavy (non-hydrogen) atoms. The van der Waals surface area contributed by atoms with Gasteiger partial charge in [0.1, 0.15) is 11.6 Å². The number of alkyl halides is 2. The van der Waals surface area contributed by atoms with Crippen molar-refractivity contribution in [1.82, 2.24) is 4.90 Å². The van der Waals surface area contributed by atoms with Gasteiger partial charge in [-0.05, 0) is 20.0 Å². The molecule has 1 aromatic carbocycles. The van der Waals surface area contributed by atoms with Crippen LogP contribution in [0.25, 0.3) is 0 Å². The average Bonchev–Trinajstić information content (AvgIpc) is 2.15. The van der Waals surface area contributed by atoms with Crippen molar-refractivity contribution in [3.05, 3.63) is 29.6 Å². The molecule has 0 aliphatic heterocycles. The first-order valence-electron chi connectivity index (χ1n) is 4.88. The number of benzene rings is 1. The molecule has 5 heteroatoms. The third-order valence-electron chi connectivity index (χ3n) is 2.52. The summed E-state index contributed by atoms with van der Waals surface area (Å²) in [6.45, 7) is 1.22. The normalized spacial score (nSPS) is 13.4.